The van der Waals surface area contributed by atoms with Gasteiger partial charge in [-0.3, -0.25) is 0 Å². The molecule has 73 valence electrons. The van der Waals surface area contributed by atoms with Crippen LogP contribution in [0.4, 0.5) is 0 Å². The van der Waals surface area contributed by atoms with Crippen molar-refractivity contribution < 1.29 is 62.9 Å². The summed E-state index contributed by atoms with van der Waals surface area (Å²) in [7, 11) is 0. The van der Waals surface area contributed by atoms with E-state index in [1.165, 1.54) is 0 Å². The number of hydrogen-bond donors (Lipinski definition) is 1. The van der Waals surface area contributed by atoms with E-state index in [9.17, 15) is 0 Å². The molecule has 0 spiro atoms. The van der Waals surface area contributed by atoms with E-state index >= 15 is 0 Å². The predicted octanol–water partition coefficient (Wildman–Crippen LogP) is -0.456. The van der Waals surface area contributed by atoms with E-state index in [-0.39, 0.29) is 58.9 Å². The van der Waals surface area contributed by atoms with Crippen molar-refractivity contribution >= 4 is 0 Å². The molecule has 0 aliphatic heterocycles. The van der Waals surface area contributed by atoms with Gasteiger partial charge in [-0.1, -0.05) is 0 Å². The fourth-order valence-corrected chi connectivity index (χ4v) is 0. The van der Waals surface area contributed by atoms with Crippen LogP contribution in [0.3, 0.4) is 0 Å². The van der Waals surface area contributed by atoms with E-state index in [0.717, 1.165) is 0 Å². The van der Waals surface area contributed by atoms with E-state index in [0.29, 0.717) is 0 Å². The SMILES string of the molecule is O=[N+]([O-])[O-].O=[N+]([O-])[O-].[Ce+3].[NH4+].[OH-].[OH-]. The molecule has 0 saturated carbocycles. The van der Waals surface area contributed by atoms with Crippen molar-refractivity contribution in [2.45, 2.75) is 0 Å². The van der Waals surface area contributed by atoms with E-state index in [1.807, 2.05) is 0 Å². The van der Waals surface area contributed by atoms with Crippen molar-refractivity contribution in [3.05, 3.63) is 30.6 Å². The van der Waals surface area contributed by atoms with Crippen molar-refractivity contribution in [3.8, 4) is 0 Å². The Morgan fingerprint density at radius 3 is 0.750 bits per heavy atom. The minimum Gasteiger partial charge on any atom is -0.870 e. The zero-order valence-corrected chi connectivity index (χ0v) is 8.88. The minimum absolute atomic E-state index is 0. The van der Waals surface area contributed by atoms with Crippen molar-refractivity contribution in [1.82, 2.24) is 6.15 Å². The summed E-state index contributed by atoms with van der Waals surface area (Å²) in [4.78, 5) is 16.5. The first-order valence-corrected chi connectivity index (χ1v) is 1.10. The zero-order valence-electron chi connectivity index (χ0n) is 5.74. The Balaban J connectivity index is -0.0000000112. The molecule has 1 radical (unpaired) electrons. The van der Waals surface area contributed by atoms with Crippen LogP contribution in [0.1, 0.15) is 0 Å². The molecule has 0 aliphatic rings. The van der Waals surface area contributed by atoms with Gasteiger partial charge in [-0.25, -0.2) is 0 Å². The van der Waals surface area contributed by atoms with E-state index in [1.54, 1.807) is 0 Å². The van der Waals surface area contributed by atoms with Crippen LogP contribution in [0.15, 0.2) is 0 Å². The van der Waals surface area contributed by atoms with Crippen molar-refractivity contribution in [3.63, 3.8) is 0 Å². The molecule has 0 aromatic carbocycles. The summed E-state index contributed by atoms with van der Waals surface area (Å²) >= 11 is 0. The van der Waals surface area contributed by atoms with Crippen LogP contribution in [0.25, 0.3) is 0 Å². The third-order valence-corrected chi connectivity index (χ3v) is 0. The maximum absolute atomic E-state index is 8.25. The van der Waals surface area contributed by atoms with Gasteiger partial charge >= 0.3 is 41.7 Å². The summed E-state index contributed by atoms with van der Waals surface area (Å²) in [5, 5.41) is 29.5. The third kappa shape index (κ3) is 6140. The smallest absolute Gasteiger partial charge is 0.870 e. The Morgan fingerprint density at radius 1 is 0.750 bits per heavy atom. The van der Waals surface area contributed by atoms with Crippen molar-refractivity contribution in [1.29, 1.82) is 0 Å². The molecule has 0 amide bonds. The molecule has 12 heavy (non-hydrogen) atoms. The molecule has 6 N–H and O–H groups in total. The summed E-state index contributed by atoms with van der Waals surface area (Å²) < 4.78 is 0. The number of quaternary nitrogens is 1. The van der Waals surface area contributed by atoms with Gasteiger partial charge in [0.2, 0.25) is 0 Å². The third-order valence-electron chi connectivity index (χ3n) is 0. The van der Waals surface area contributed by atoms with Gasteiger partial charge in [0.25, 0.3) is 0 Å². The van der Waals surface area contributed by atoms with Crippen LogP contribution >= 0.6 is 0 Å². The normalized spacial score (nSPS) is 4.00. The summed E-state index contributed by atoms with van der Waals surface area (Å²) in [5.41, 5.74) is 0. The van der Waals surface area contributed by atoms with Crippen LogP contribution in [-0.2, 0) is 0 Å². The van der Waals surface area contributed by atoms with Gasteiger partial charge in [0, 0.05) is 0 Å². The molecule has 12 heteroatoms. The van der Waals surface area contributed by atoms with E-state index in [4.69, 9.17) is 30.6 Å². The van der Waals surface area contributed by atoms with Crippen LogP contribution in [0, 0.1) is 72.4 Å². The largest absolute Gasteiger partial charge is 3.00 e. The first-order valence-electron chi connectivity index (χ1n) is 1.10. The maximum atomic E-state index is 8.25. The molecule has 0 saturated heterocycles. The molecule has 0 heterocycles. The first-order chi connectivity index (χ1) is 3.46. The predicted molar refractivity (Wildman–Crippen MR) is 30.6 cm³/mol. The Kier molecular flexibility index (Phi) is 107. The Labute approximate surface area is 99.2 Å². The summed E-state index contributed by atoms with van der Waals surface area (Å²) in [6, 6.07) is 0. The van der Waals surface area contributed by atoms with Gasteiger partial charge in [-0.15, -0.1) is 0 Å². The van der Waals surface area contributed by atoms with E-state index < -0.39 is 10.2 Å². The summed E-state index contributed by atoms with van der Waals surface area (Å²) in [5.74, 6) is 0. The molecule has 0 bridgehead atoms. The fourth-order valence-electron chi connectivity index (χ4n) is 0. The Hall–Kier alpha value is -0.343. The molecule has 0 aliphatic carbocycles. The molecular formula is H6CeN3O8. The zero-order chi connectivity index (χ0) is 7.15. The fraction of sp³-hybridized carbons (Fsp3) is 0. The Bertz CT molecular complexity index is 72.3. The van der Waals surface area contributed by atoms with Gasteiger partial charge in [-0.05, 0) is 0 Å². The van der Waals surface area contributed by atoms with Crippen molar-refractivity contribution in [2.75, 3.05) is 0 Å². The second-order valence-electron chi connectivity index (χ2n) is 0.447. The van der Waals surface area contributed by atoms with Gasteiger partial charge in [0.1, 0.15) is 0 Å². The van der Waals surface area contributed by atoms with Gasteiger partial charge in [0.05, 0.1) is 10.2 Å². The number of hydrogen-bond acceptors (Lipinski definition) is 8. The van der Waals surface area contributed by atoms with Crippen molar-refractivity contribution in [2.24, 2.45) is 0 Å². The molecular weight excluding hydrogens is 310 g/mol. The maximum Gasteiger partial charge on any atom is 3.00 e. The van der Waals surface area contributed by atoms with Crippen LogP contribution in [0.2, 0.25) is 0 Å². The molecule has 11 nitrogen and oxygen atoms in total. The molecule has 0 rings (SSSR count). The van der Waals surface area contributed by atoms with Gasteiger partial charge < -0.3 is 47.7 Å². The molecule has 0 atom stereocenters. The molecule has 0 unspecified atom stereocenters. The second kappa shape index (κ2) is 31.1. The molecule has 0 fully saturated rings. The Morgan fingerprint density at radius 2 is 0.750 bits per heavy atom. The van der Waals surface area contributed by atoms with Gasteiger partial charge in [-0.2, -0.15) is 0 Å². The summed E-state index contributed by atoms with van der Waals surface area (Å²) in [6.45, 7) is 0. The summed E-state index contributed by atoms with van der Waals surface area (Å²) in [6.07, 6.45) is 0. The quantitative estimate of drug-likeness (QED) is 0.452. The van der Waals surface area contributed by atoms with Crippen LogP contribution in [0.5, 0.6) is 0 Å². The number of nitrogens with zero attached hydrogens (tertiary/aromatic N) is 2. The second-order valence-corrected chi connectivity index (χ2v) is 0.447. The molecule has 0 aromatic rings. The van der Waals surface area contributed by atoms with Crippen LogP contribution < -0.4 is 6.15 Å². The topological polar surface area (TPSA) is 229 Å². The van der Waals surface area contributed by atoms with Gasteiger partial charge in [0.15, 0.2) is 0 Å². The first kappa shape index (κ1) is 41.4. The average Bonchev–Trinajstić information content (AvgIpc) is 1.25. The minimum atomic E-state index is -1.75. The average molecular weight is 316 g/mol. The number of rotatable bonds is 0. The standard InChI is InChI=1S/Ce.2NO3.H3N.2H2O/c;2*2-1(3)4;;;/h;;;1H3;2*1H2/q+3;2*-1;;;/p-1. The molecule has 0 aromatic heterocycles. The van der Waals surface area contributed by atoms with E-state index in [2.05, 4.69) is 0 Å². The monoisotopic (exact) mass is 316 g/mol. The van der Waals surface area contributed by atoms with Crippen LogP contribution in [-0.4, -0.2) is 21.1 Å².